The highest BCUT2D eigenvalue weighted by Crippen LogP contribution is 2.34. The molecule has 0 unspecified atom stereocenters. The normalized spacial score (nSPS) is 18.0. The number of hydrogen-bond donors (Lipinski definition) is 0. The maximum atomic E-state index is 13.6. The zero-order valence-electron chi connectivity index (χ0n) is 24.6. The number of carbonyl (C=O) groups excluding carboxylic acids is 1. The Morgan fingerprint density at radius 1 is 0.881 bits per heavy atom. The molecule has 0 saturated carbocycles. The number of hydrogen-bond acceptors (Lipinski definition) is 7. The van der Waals surface area contributed by atoms with Gasteiger partial charge in [0.2, 0.25) is 5.88 Å². The smallest absolute Gasteiger partial charge is 0.253 e. The molecule has 5 heterocycles. The van der Waals surface area contributed by atoms with E-state index in [1.54, 1.807) is 13.4 Å². The van der Waals surface area contributed by atoms with E-state index in [1.807, 2.05) is 24.4 Å². The van der Waals surface area contributed by atoms with E-state index in [9.17, 15) is 4.79 Å². The van der Waals surface area contributed by atoms with Crippen molar-refractivity contribution in [3.63, 3.8) is 0 Å². The topological polar surface area (TPSA) is 74.7 Å². The molecule has 4 aromatic rings. The van der Waals surface area contributed by atoms with Crippen LogP contribution in [0.2, 0.25) is 0 Å². The molecule has 0 aliphatic carbocycles. The third kappa shape index (κ3) is 5.09. The molecular formula is C34H38N6O2. The minimum Gasteiger partial charge on any atom is -0.481 e. The average molecular weight is 563 g/mol. The molecule has 3 aliphatic rings. The number of fused-ring (bicyclic) bond motifs is 2. The lowest BCUT2D eigenvalue weighted by Gasteiger charge is -2.37. The number of amides is 1. The quantitative estimate of drug-likeness (QED) is 0.328. The first-order chi connectivity index (χ1) is 20.6. The number of aromatic nitrogens is 3. The van der Waals surface area contributed by atoms with Gasteiger partial charge >= 0.3 is 0 Å². The number of rotatable bonds is 5. The van der Waals surface area contributed by atoms with Crippen LogP contribution in [0.15, 0.2) is 55.0 Å². The van der Waals surface area contributed by atoms with Crippen molar-refractivity contribution in [2.75, 3.05) is 44.7 Å². The van der Waals surface area contributed by atoms with Crippen molar-refractivity contribution in [1.29, 1.82) is 0 Å². The maximum Gasteiger partial charge on any atom is 0.253 e. The molecule has 0 bridgehead atoms. The van der Waals surface area contributed by atoms with E-state index in [0.29, 0.717) is 18.5 Å². The Morgan fingerprint density at radius 3 is 2.48 bits per heavy atom. The van der Waals surface area contributed by atoms with E-state index >= 15 is 0 Å². The number of benzene rings is 2. The molecule has 0 radical (unpaired) electrons. The van der Waals surface area contributed by atoms with Crippen molar-refractivity contribution in [3.05, 3.63) is 77.2 Å². The maximum absolute atomic E-state index is 13.6. The first-order valence-corrected chi connectivity index (χ1v) is 15.2. The number of likely N-dealkylation sites (tertiary alicyclic amines) is 2. The molecule has 8 heteroatoms. The predicted octanol–water partition coefficient (Wildman–Crippen LogP) is 5.27. The lowest BCUT2D eigenvalue weighted by atomic mass is 9.95. The van der Waals surface area contributed by atoms with Crippen molar-refractivity contribution in [2.24, 2.45) is 0 Å². The third-order valence-corrected chi connectivity index (χ3v) is 9.36. The number of pyridine rings is 1. The molecule has 42 heavy (non-hydrogen) atoms. The SMILES string of the molecule is COc1ccc(-c2cc(C)c3ncnc(N4CCc5ccc(C(=O)N6CCC(N7CCCC7)CC6)cc5C4)c3c2)cn1. The molecule has 2 aromatic heterocycles. The summed E-state index contributed by atoms with van der Waals surface area (Å²) in [7, 11) is 1.62. The Balaban J connectivity index is 1.12. The molecule has 0 atom stereocenters. The van der Waals surface area contributed by atoms with E-state index in [1.165, 1.54) is 37.1 Å². The first-order valence-electron chi connectivity index (χ1n) is 15.2. The number of ether oxygens (including phenoxy) is 1. The van der Waals surface area contributed by atoms with Crippen LogP contribution in [-0.4, -0.2) is 76.5 Å². The lowest BCUT2D eigenvalue weighted by Crippen LogP contribution is -2.46. The van der Waals surface area contributed by atoms with Gasteiger partial charge in [-0.05, 0) is 105 Å². The fourth-order valence-corrected chi connectivity index (χ4v) is 7.02. The predicted molar refractivity (Wildman–Crippen MR) is 165 cm³/mol. The van der Waals surface area contributed by atoms with Gasteiger partial charge < -0.3 is 19.4 Å². The van der Waals surface area contributed by atoms with Gasteiger partial charge in [-0.15, -0.1) is 0 Å². The Hall–Kier alpha value is -4.04. The van der Waals surface area contributed by atoms with Crippen molar-refractivity contribution in [1.82, 2.24) is 24.8 Å². The van der Waals surface area contributed by atoms with Gasteiger partial charge in [-0.2, -0.15) is 0 Å². The highest BCUT2D eigenvalue weighted by atomic mass is 16.5. The number of nitrogens with zero attached hydrogens (tertiary/aromatic N) is 6. The van der Waals surface area contributed by atoms with Gasteiger partial charge in [-0.25, -0.2) is 15.0 Å². The minimum absolute atomic E-state index is 0.163. The second-order valence-electron chi connectivity index (χ2n) is 11.9. The lowest BCUT2D eigenvalue weighted by molar-refractivity contribution is 0.0644. The summed E-state index contributed by atoms with van der Waals surface area (Å²) in [5, 5.41) is 1.03. The van der Waals surface area contributed by atoms with Crippen LogP contribution in [0.4, 0.5) is 5.82 Å². The zero-order chi connectivity index (χ0) is 28.6. The molecule has 0 N–H and O–H groups in total. The summed E-state index contributed by atoms with van der Waals surface area (Å²) in [5.41, 5.74) is 7.47. The van der Waals surface area contributed by atoms with Crippen LogP contribution in [0.5, 0.6) is 5.88 Å². The van der Waals surface area contributed by atoms with Crippen molar-refractivity contribution in [3.8, 4) is 17.0 Å². The molecular weight excluding hydrogens is 524 g/mol. The highest BCUT2D eigenvalue weighted by Gasteiger charge is 2.29. The number of carbonyl (C=O) groups is 1. The number of anilines is 1. The molecule has 2 fully saturated rings. The molecule has 2 saturated heterocycles. The summed E-state index contributed by atoms with van der Waals surface area (Å²) in [5.74, 6) is 1.69. The van der Waals surface area contributed by atoms with Crippen molar-refractivity contribution in [2.45, 2.75) is 51.6 Å². The van der Waals surface area contributed by atoms with Gasteiger partial charge in [0.05, 0.1) is 12.6 Å². The molecule has 1 amide bonds. The monoisotopic (exact) mass is 562 g/mol. The Morgan fingerprint density at radius 2 is 1.71 bits per heavy atom. The van der Waals surface area contributed by atoms with Crippen LogP contribution in [0.3, 0.4) is 0 Å². The van der Waals surface area contributed by atoms with Gasteiger partial charge in [-0.3, -0.25) is 4.79 Å². The zero-order valence-corrected chi connectivity index (χ0v) is 24.6. The standard InChI is InChI=1S/C34H38N6O2/c1-23-17-27(26-7-8-31(42-2)35-20-26)19-30-32(23)36-22-37-33(30)40-14-9-24-5-6-25(18-28(24)21-40)34(41)39-15-10-29(11-16-39)38-12-3-4-13-38/h5-8,17-20,22,29H,3-4,9-16,21H2,1-2H3. The fourth-order valence-electron chi connectivity index (χ4n) is 7.02. The third-order valence-electron chi connectivity index (χ3n) is 9.36. The Bertz CT molecular complexity index is 1610. The van der Waals surface area contributed by atoms with Crippen LogP contribution in [0.25, 0.3) is 22.0 Å². The summed E-state index contributed by atoms with van der Waals surface area (Å²) in [4.78, 5) is 34.4. The minimum atomic E-state index is 0.163. The summed E-state index contributed by atoms with van der Waals surface area (Å²) < 4.78 is 5.24. The summed E-state index contributed by atoms with van der Waals surface area (Å²) in [6.45, 7) is 7.82. The van der Waals surface area contributed by atoms with Gasteiger partial charge in [0.15, 0.2) is 0 Å². The first kappa shape index (κ1) is 26.8. The van der Waals surface area contributed by atoms with Crippen LogP contribution < -0.4 is 9.64 Å². The second kappa shape index (κ2) is 11.3. The number of aryl methyl sites for hydroxylation is 1. The number of methoxy groups -OCH3 is 1. The molecule has 2 aromatic carbocycles. The highest BCUT2D eigenvalue weighted by molar-refractivity contribution is 5.96. The van der Waals surface area contributed by atoms with Crippen molar-refractivity contribution >= 4 is 22.6 Å². The largest absolute Gasteiger partial charge is 0.481 e. The molecule has 7 rings (SSSR count). The summed E-state index contributed by atoms with van der Waals surface area (Å²) in [6.07, 6.45) is 9.22. The molecule has 0 spiro atoms. The van der Waals surface area contributed by atoms with E-state index in [2.05, 4.69) is 55.9 Å². The average Bonchev–Trinajstić information content (AvgIpc) is 3.59. The molecule has 216 valence electrons. The Kier molecular flexibility index (Phi) is 7.24. The Labute approximate surface area is 247 Å². The van der Waals surface area contributed by atoms with Crippen LogP contribution in [0, 0.1) is 6.92 Å². The second-order valence-corrected chi connectivity index (χ2v) is 11.9. The van der Waals surface area contributed by atoms with E-state index in [-0.39, 0.29) is 5.91 Å². The van der Waals surface area contributed by atoms with E-state index in [4.69, 9.17) is 9.72 Å². The van der Waals surface area contributed by atoms with Gasteiger partial charge in [-0.1, -0.05) is 6.07 Å². The van der Waals surface area contributed by atoms with E-state index in [0.717, 1.165) is 77.9 Å². The van der Waals surface area contributed by atoms with Gasteiger partial charge in [0.1, 0.15) is 12.1 Å². The number of piperidine rings is 1. The van der Waals surface area contributed by atoms with Crippen LogP contribution >= 0.6 is 0 Å². The molecule has 3 aliphatic heterocycles. The van der Waals surface area contributed by atoms with Crippen molar-refractivity contribution < 1.29 is 9.53 Å². The van der Waals surface area contributed by atoms with E-state index < -0.39 is 0 Å². The van der Waals surface area contributed by atoms with Crippen LogP contribution in [0.1, 0.15) is 52.7 Å². The van der Waals surface area contributed by atoms with Gasteiger partial charge in [0, 0.05) is 61.0 Å². The van der Waals surface area contributed by atoms with Crippen LogP contribution in [-0.2, 0) is 13.0 Å². The molecule has 8 nitrogen and oxygen atoms in total. The van der Waals surface area contributed by atoms with Gasteiger partial charge in [0.25, 0.3) is 5.91 Å². The summed E-state index contributed by atoms with van der Waals surface area (Å²) >= 11 is 0. The fraction of sp³-hybridized carbons (Fsp3) is 0.412. The summed E-state index contributed by atoms with van der Waals surface area (Å²) in [6, 6.07) is 15.2.